The minimum absolute atomic E-state index is 0. The van der Waals surface area contributed by atoms with E-state index in [0.29, 0.717) is 19.7 Å². The van der Waals surface area contributed by atoms with E-state index in [1.54, 1.807) is 0 Å². The summed E-state index contributed by atoms with van der Waals surface area (Å²) in [6.45, 7) is 7.87. The Hall–Kier alpha value is -1.79. The Morgan fingerprint density at radius 3 is 2.50 bits per heavy atom. The molecule has 1 unspecified atom stereocenters. The van der Waals surface area contributed by atoms with E-state index in [-0.39, 0.29) is 30.1 Å². The minimum atomic E-state index is -0.419. The van der Waals surface area contributed by atoms with Crippen LogP contribution in [0.15, 0.2) is 24.3 Å². The van der Waals surface area contributed by atoms with Gasteiger partial charge in [-0.1, -0.05) is 20.8 Å². The summed E-state index contributed by atoms with van der Waals surface area (Å²) in [7, 11) is 0. The average molecular weight is 384 g/mol. The molecule has 0 aliphatic carbocycles. The SMILES string of the molecule is CC(C)(C)C(=O)N1CCCC(C(=O)Nc2ccc(OCCN)cc2)C1.Cl. The fourth-order valence-corrected chi connectivity index (χ4v) is 2.91. The Kier molecular flexibility index (Phi) is 8.37. The van der Waals surface area contributed by atoms with Gasteiger partial charge >= 0.3 is 0 Å². The first-order valence-electron chi connectivity index (χ1n) is 8.84. The summed E-state index contributed by atoms with van der Waals surface area (Å²) < 4.78 is 5.42. The van der Waals surface area contributed by atoms with Crippen LogP contribution in [0.1, 0.15) is 33.6 Å². The predicted octanol–water partition coefficient (Wildman–Crippen LogP) is 2.67. The lowest BCUT2D eigenvalue weighted by atomic mass is 9.91. The van der Waals surface area contributed by atoms with Gasteiger partial charge < -0.3 is 20.7 Å². The molecular formula is C19H30ClN3O3. The van der Waals surface area contributed by atoms with Gasteiger partial charge in [0.2, 0.25) is 11.8 Å². The number of hydrogen-bond acceptors (Lipinski definition) is 4. The zero-order valence-corrected chi connectivity index (χ0v) is 16.6. The topological polar surface area (TPSA) is 84.7 Å². The van der Waals surface area contributed by atoms with Crippen LogP contribution in [0.5, 0.6) is 5.75 Å². The average Bonchev–Trinajstić information content (AvgIpc) is 2.59. The Bertz CT molecular complexity index is 599. The molecule has 0 radical (unpaired) electrons. The number of ether oxygens (including phenoxy) is 1. The molecule has 1 aromatic rings. The molecule has 146 valence electrons. The highest BCUT2D eigenvalue weighted by Gasteiger charge is 2.33. The van der Waals surface area contributed by atoms with E-state index in [9.17, 15) is 9.59 Å². The van der Waals surface area contributed by atoms with E-state index < -0.39 is 5.41 Å². The van der Waals surface area contributed by atoms with E-state index in [0.717, 1.165) is 30.8 Å². The van der Waals surface area contributed by atoms with Gasteiger partial charge in [0.15, 0.2) is 0 Å². The van der Waals surface area contributed by atoms with E-state index in [2.05, 4.69) is 5.32 Å². The summed E-state index contributed by atoms with van der Waals surface area (Å²) >= 11 is 0. The highest BCUT2D eigenvalue weighted by molar-refractivity contribution is 5.93. The lowest BCUT2D eigenvalue weighted by Gasteiger charge is -2.35. The molecule has 1 aromatic carbocycles. The molecule has 1 aliphatic rings. The van der Waals surface area contributed by atoms with Crippen molar-refractivity contribution in [1.29, 1.82) is 0 Å². The van der Waals surface area contributed by atoms with E-state index in [4.69, 9.17) is 10.5 Å². The first kappa shape index (κ1) is 22.3. The maximum Gasteiger partial charge on any atom is 0.229 e. The molecule has 1 saturated heterocycles. The molecule has 0 aromatic heterocycles. The molecule has 6 nitrogen and oxygen atoms in total. The summed E-state index contributed by atoms with van der Waals surface area (Å²) in [5, 5.41) is 2.94. The summed E-state index contributed by atoms with van der Waals surface area (Å²) in [6.07, 6.45) is 1.66. The number of nitrogens with two attached hydrogens (primary N) is 1. The van der Waals surface area contributed by atoms with Crippen LogP contribution < -0.4 is 15.8 Å². The number of halogens is 1. The number of amides is 2. The van der Waals surface area contributed by atoms with Crippen molar-refractivity contribution in [3.05, 3.63) is 24.3 Å². The van der Waals surface area contributed by atoms with Gasteiger partial charge in [0.05, 0.1) is 5.92 Å². The molecule has 3 N–H and O–H groups in total. The number of likely N-dealkylation sites (tertiary alicyclic amines) is 1. The third kappa shape index (κ3) is 6.18. The number of nitrogens with one attached hydrogen (secondary N) is 1. The second kappa shape index (κ2) is 9.78. The molecule has 2 rings (SSSR count). The van der Waals surface area contributed by atoms with Gasteiger partial charge in [-0.05, 0) is 37.1 Å². The lowest BCUT2D eigenvalue weighted by Crippen LogP contribution is -2.47. The molecule has 26 heavy (non-hydrogen) atoms. The molecule has 0 spiro atoms. The monoisotopic (exact) mass is 383 g/mol. The predicted molar refractivity (Wildman–Crippen MR) is 106 cm³/mol. The second-order valence-corrected chi connectivity index (χ2v) is 7.49. The first-order chi connectivity index (χ1) is 11.8. The van der Waals surface area contributed by atoms with Crippen molar-refractivity contribution in [2.75, 3.05) is 31.6 Å². The molecule has 0 saturated carbocycles. The van der Waals surface area contributed by atoms with Crippen LogP contribution in [0.4, 0.5) is 5.69 Å². The summed E-state index contributed by atoms with van der Waals surface area (Å²) in [6, 6.07) is 7.23. The normalized spacial score (nSPS) is 17.2. The smallest absolute Gasteiger partial charge is 0.229 e. The van der Waals surface area contributed by atoms with E-state index in [1.807, 2.05) is 49.9 Å². The third-order valence-electron chi connectivity index (χ3n) is 4.23. The number of rotatable bonds is 5. The van der Waals surface area contributed by atoms with E-state index in [1.165, 1.54) is 0 Å². The molecule has 1 fully saturated rings. The Morgan fingerprint density at radius 2 is 1.92 bits per heavy atom. The highest BCUT2D eigenvalue weighted by atomic mass is 35.5. The third-order valence-corrected chi connectivity index (χ3v) is 4.23. The van der Waals surface area contributed by atoms with Gasteiger partial charge in [0, 0.05) is 30.7 Å². The van der Waals surface area contributed by atoms with Crippen molar-refractivity contribution in [1.82, 2.24) is 4.90 Å². The lowest BCUT2D eigenvalue weighted by molar-refractivity contribution is -0.142. The summed E-state index contributed by atoms with van der Waals surface area (Å²) in [5.74, 6) is 0.615. The zero-order valence-electron chi connectivity index (χ0n) is 15.8. The van der Waals surface area contributed by atoms with Crippen LogP contribution in [0, 0.1) is 11.3 Å². The van der Waals surface area contributed by atoms with Crippen LogP contribution in [-0.2, 0) is 9.59 Å². The van der Waals surface area contributed by atoms with Gasteiger partial charge in [0.25, 0.3) is 0 Å². The van der Waals surface area contributed by atoms with Crippen LogP contribution >= 0.6 is 12.4 Å². The number of nitrogens with zero attached hydrogens (tertiary/aromatic N) is 1. The summed E-state index contributed by atoms with van der Waals surface area (Å²) in [5.41, 5.74) is 5.71. The first-order valence-corrected chi connectivity index (χ1v) is 8.84. The van der Waals surface area contributed by atoms with Crippen LogP contribution in [0.3, 0.4) is 0 Å². The Morgan fingerprint density at radius 1 is 1.27 bits per heavy atom. The molecule has 1 atom stereocenters. The molecule has 0 bridgehead atoms. The fraction of sp³-hybridized carbons (Fsp3) is 0.579. The number of benzene rings is 1. The Labute approximate surface area is 161 Å². The Balaban J connectivity index is 0.00000338. The van der Waals surface area contributed by atoms with Crippen molar-refractivity contribution in [2.24, 2.45) is 17.1 Å². The van der Waals surface area contributed by atoms with Crippen molar-refractivity contribution >= 4 is 29.9 Å². The van der Waals surface area contributed by atoms with Crippen molar-refractivity contribution in [2.45, 2.75) is 33.6 Å². The van der Waals surface area contributed by atoms with Gasteiger partial charge in [-0.25, -0.2) is 0 Å². The molecule has 1 heterocycles. The maximum atomic E-state index is 12.5. The number of anilines is 1. The second-order valence-electron chi connectivity index (χ2n) is 7.49. The van der Waals surface area contributed by atoms with Gasteiger partial charge in [-0.2, -0.15) is 0 Å². The zero-order chi connectivity index (χ0) is 18.4. The van der Waals surface area contributed by atoms with Crippen LogP contribution in [0.2, 0.25) is 0 Å². The molecular weight excluding hydrogens is 354 g/mol. The summed E-state index contributed by atoms with van der Waals surface area (Å²) in [4.78, 5) is 26.8. The van der Waals surface area contributed by atoms with Crippen LogP contribution in [-0.4, -0.2) is 43.0 Å². The fourth-order valence-electron chi connectivity index (χ4n) is 2.91. The number of carbonyl (C=O) groups is 2. The largest absolute Gasteiger partial charge is 0.492 e. The van der Waals surface area contributed by atoms with Crippen molar-refractivity contribution in [3.63, 3.8) is 0 Å². The standard InChI is InChI=1S/C19H29N3O3.ClH/c1-19(2,3)18(24)22-11-4-5-14(13-22)17(23)21-15-6-8-16(9-7-15)25-12-10-20;/h6-9,14H,4-5,10-13,20H2,1-3H3,(H,21,23);1H. The van der Waals surface area contributed by atoms with Crippen molar-refractivity contribution < 1.29 is 14.3 Å². The number of carbonyl (C=O) groups excluding carboxylic acids is 2. The molecule has 1 aliphatic heterocycles. The molecule has 7 heteroatoms. The highest BCUT2D eigenvalue weighted by Crippen LogP contribution is 2.24. The minimum Gasteiger partial charge on any atom is -0.492 e. The van der Waals surface area contributed by atoms with Gasteiger partial charge in [0.1, 0.15) is 12.4 Å². The molecule has 2 amide bonds. The number of piperidine rings is 1. The quantitative estimate of drug-likeness (QED) is 0.818. The maximum absolute atomic E-state index is 12.5. The van der Waals surface area contributed by atoms with Gasteiger partial charge in [-0.3, -0.25) is 9.59 Å². The van der Waals surface area contributed by atoms with Gasteiger partial charge in [-0.15, -0.1) is 12.4 Å². The van der Waals surface area contributed by atoms with Crippen LogP contribution in [0.25, 0.3) is 0 Å². The number of hydrogen-bond donors (Lipinski definition) is 2. The van der Waals surface area contributed by atoms with Crippen molar-refractivity contribution in [3.8, 4) is 5.75 Å². The van der Waals surface area contributed by atoms with E-state index >= 15 is 0 Å².